The van der Waals surface area contributed by atoms with Crippen LogP contribution in [0.25, 0.3) is 0 Å². The SMILES string of the molecule is C[C@]12CC[C@](C)(CC(N)C1)C2. The van der Waals surface area contributed by atoms with Gasteiger partial charge in [-0.25, -0.2) is 0 Å². The van der Waals surface area contributed by atoms with Crippen molar-refractivity contribution in [2.24, 2.45) is 16.6 Å². The van der Waals surface area contributed by atoms with E-state index in [9.17, 15) is 0 Å². The Hall–Kier alpha value is -0.0400. The van der Waals surface area contributed by atoms with Crippen LogP contribution in [0, 0.1) is 10.8 Å². The van der Waals surface area contributed by atoms with Crippen LogP contribution >= 0.6 is 0 Å². The Morgan fingerprint density at radius 2 is 1.55 bits per heavy atom. The largest absolute Gasteiger partial charge is 0.328 e. The van der Waals surface area contributed by atoms with Crippen molar-refractivity contribution in [3.05, 3.63) is 0 Å². The van der Waals surface area contributed by atoms with Gasteiger partial charge in [0.15, 0.2) is 0 Å². The van der Waals surface area contributed by atoms with Crippen molar-refractivity contribution >= 4 is 0 Å². The van der Waals surface area contributed by atoms with E-state index in [2.05, 4.69) is 13.8 Å². The fourth-order valence-electron chi connectivity index (χ4n) is 3.50. The van der Waals surface area contributed by atoms with Crippen LogP contribution in [-0.4, -0.2) is 6.04 Å². The van der Waals surface area contributed by atoms with E-state index >= 15 is 0 Å². The van der Waals surface area contributed by atoms with Gasteiger partial charge in [-0.1, -0.05) is 13.8 Å². The van der Waals surface area contributed by atoms with Crippen molar-refractivity contribution in [3.63, 3.8) is 0 Å². The van der Waals surface area contributed by atoms with Crippen LogP contribution in [0.1, 0.15) is 46.0 Å². The molecule has 0 aromatic heterocycles. The number of rotatable bonds is 0. The maximum atomic E-state index is 6.03. The highest BCUT2D eigenvalue weighted by Crippen LogP contribution is 2.57. The van der Waals surface area contributed by atoms with E-state index < -0.39 is 0 Å². The summed E-state index contributed by atoms with van der Waals surface area (Å²) in [6.07, 6.45) is 6.79. The standard InChI is InChI=1S/C10H19N/c1-9-3-4-10(2,7-9)6-8(11)5-9/h8H,3-7,11H2,1-2H3/t8?,9-,10+. The first-order valence-electron chi connectivity index (χ1n) is 4.77. The van der Waals surface area contributed by atoms with Gasteiger partial charge in [-0.3, -0.25) is 0 Å². The van der Waals surface area contributed by atoms with Crippen LogP contribution in [-0.2, 0) is 0 Å². The summed E-state index contributed by atoms with van der Waals surface area (Å²) in [6.45, 7) is 4.83. The predicted octanol–water partition coefficient (Wildman–Crippen LogP) is 2.30. The molecular formula is C10H19N. The molecule has 64 valence electrons. The molecule has 11 heavy (non-hydrogen) atoms. The summed E-state index contributed by atoms with van der Waals surface area (Å²) in [6, 6.07) is 0.487. The van der Waals surface area contributed by atoms with Gasteiger partial charge in [-0.15, -0.1) is 0 Å². The topological polar surface area (TPSA) is 26.0 Å². The van der Waals surface area contributed by atoms with Crippen molar-refractivity contribution in [2.45, 2.75) is 52.0 Å². The minimum absolute atomic E-state index is 0.487. The number of fused-ring (bicyclic) bond motifs is 2. The Labute approximate surface area is 69.4 Å². The third-order valence-electron chi connectivity index (χ3n) is 3.70. The molecule has 2 saturated carbocycles. The summed E-state index contributed by atoms with van der Waals surface area (Å²) in [5.41, 5.74) is 7.23. The smallest absolute Gasteiger partial charge is 0.00492 e. The molecule has 2 aliphatic rings. The molecule has 1 unspecified atom stereocenters. The lowest BCUT2D eigenvalue weighted by molar-refractivity contribution is 0.151. The van der Waals surface area contributed by atoms with Gasteiger partial charge in [0, 0.05) is 6.04 Å². The second-order valence-electron chi connectivity index (χ2n) is 5.47. The van der Waals surface area contributed by atoms with Gasteiger partial charge >= 0.3 is 0 Å². The number of hydrogen-bond donors (Lipinski definition) is 1. The first-order valence-corrected chi connectivity index (χ1v) is 4.77. The summed E-state index contributed by atoms with van der Waals surface area (Å²) >= 11 is 0. The molecule has 0 spiro atoms. The minimum Gasteiger partial charge on any atom is -0.328 e. The molecule has 2 N–H and O–H groups in total. The lowest BCUT2D eigenvalue weighted by atomic mass is 9.69. The Balaban J connectivity index is 2.21. The van der Waals surface area contributed by atoms with Gasteiger partial charge in [0.05, 0.1) is 0 Å². The molecule has 1 nitrogen and oxygen atoms in total. The molecule has 0 heterocycles. The quantitative estimate of drug-likeness (QED) is 0.568. The van der Waals surface area contributed by atoms with E-state index in [1.807, 2.05) is 0 Å². The molecule has 2 fully saturated rings. The number of hydrogen-bond acceptors (Lipinski definition) is 1. The maximum Gasteiger partial charge on any atom is 0.00492 e. The summed E-state index contributed by atoms with van der Waals surface area (Å²) < 4.78 is 0. The third kappa shape index (κ3) is 1.20. The van der Waals surface area contributed by atoms with E-state index in [4.69, 9.17) is 5.73 Å². The molecule has 1 heteroatoms. The molecule has 3 atom stereocenters. The Kier molecular flexibility index (Phi) is 1.39. The van der Waals surface area contributed by atoms with Gasteiger partial charge in [0.25, 0.3) is 0 Å². The highest BCUT2D eigenvalue weighted by atomic mass is 14.7. The van der Waals surface area contributed by atoms with E-state index in [0.717, 1.165) is 0 Å². The molecule has 2 aliphatic carbocycles. The van der Waals surface area contributed by atoms with Gasteiger partial charge < -0.3 is 5.73 Å². The van der Waals surface area contributed by atoms with Gasteiger partial charge in [0.2, 0.25) is 0 Å². The molecule has 2 rings (SSSR count). The van der Waals surface area contributed by atoms with Crippen LogP contribution in [0.5, 0.6) is 0 Å². The van der Waals surface area contributed by atoms with Crippen LogP contribution in [0.2, 0.25) is 0 Å². The third-order valence-corrected chi connectivity index (χ3v) is 3.70. The maximum absolute atomic E-state index is 6.03. The van der Waals surface area contributed by atoms with Crippen LogP contribution in [0.15, 0.2) is 0 Å². The molecule has 0 radical (unpaired) electrons. The van der Waals surface area contributed by atoms with Crippen molar-refractivity contribution < 1.29 is 0 Å². The van der Waals surface area contributed by atoms with E-state index in [1.54, 1.807) is 0 Å². The van der Waals surface area contributed by atoms with E-state index in [1.165, 1.54) is 32.1 Å². The van der Waals surface area contributed by atoms with Crippen molar-refractivity contribution in [1.82, 2.24) is 0 Å². The summed E-state index contributed by atoms with van der Waals surface area (Å²) in [5.74, 6) is 0. The Bertz CT molecular complexity index is 160. The lowest BCUT2D eigenvalue weighted by Crippen LogP contribution is -2.37. The highest BCUT2D eigenvalue weighted by Gasteiger charge is 2.47. The molecule has 0 aliphatic heterocycles. The highest BCUT2D eigenvalue weighted by molar-refractivity contribution is 5.00. The summed E-state index contributed by atoms with van der Waals surface area (Å²) in [5, 5.41) is 0. The van der Waals surface area contributed by atoms with Crippen molar-refractivity contribution in [3.8, 4) is 0 Å². The summed E-state index contributed by atoms with van der Waals surface area (Å²) in [7, 11) is 0. The van der Waals surface area contributed by atoms with Gasteiger partial charge in [-0.05, 0) is 42.9 Å². The zero-order chi connectivity index (χ0) is 8.11. The fourth-order valence-corrected chi connectivity index (χ4v) is 3.50. The monoisotopic (exact) mass is 153 g/mol. The number of nitrogens with two attached hydrogens (primary N) is 1. The average molecular weight is 153 g/mol. The second kappa shape index (κ2) is 2.01. The Morgan fingerprint density at radius 3 is 2.00 bits per heavy atom. The van der Waals surface area contributed by atoms with Crippen LogP contribution < -0.4 is 5.73 Å². The lowest BCUT2D eigenvalue weighted by Gasteiger charge is -2.38. The average Bonchev–Trinajstić information content (AvgIpc) is 2.01. The molecule has 0 saturated heterocycles. The summed E-state index contributed by atoms with van der Waals surface area (Å²) in [4.78, 5) is 0. The molecule has 0 aromatic carbocycles. The van der Waals surface area contributed by atoms with Crippen LogP contribution in [0.4, 0.5) is 0 Å². The normalized spacial score (nSPS) is 56.5. The predicted molar refractivity (Wildman–Crippen MR) is 47.3 cm³/mol. The first-order chi connectivity index (χ1) is 5.02. The van der Waals surface area contributed by atoms with Crippen molar-refractivity contribution in [1.29, 1.82) is 0 Å². The van der Waals surface area contributed by atoms with Gasteiger partial charge in [0.1, 0.15) is 0 Å². The van der Waals surface area contributed by atoms with Gasteiger partial charge in [-0.2, -0.15) is 0 Å². The molecular weight excluding hydrogens is 134 g/mol. The zero-order valence-corrected chi connectivity index (χ0v) is 7.69. The second-order valence-corrected chi connectivity index (χ2v) is 5.47. The zero-order valence-electron chi connectivity index (χ0n) is 7.69. The minimum atomic E-state index is 0.487. The Morgan fingerprint density at radius 1 is 1.09 bits per heavy atom. The fraction of sp³-hybridized carbons (Fsp3) is 1.00. The molecule has 2 bridgehead atoms. The molecule has 0 amide bonds. The molecule has 0 aromatic rings. The first kappa shape index (κ1) is 7.60. The van der Waals surface area contributed by atoms with Crippen LogP contribution in [0.3, 0.4) is 0 Å². The van der Waals surface area contributed by atoms with Crippen molar-refractivity contribution in [2.75, 3.05) is 0 Å². The van der Waals surface area contributed by atoms with E-state index in [0.29, 0.717) is 16.9 Å². The van der Waals surface area contributed by atoms with E-state index in [-0.39, 0.29) is 0 Å².